The molecule has 3 aromatic rings. The van der Waals surface area contributed by atoms with Crippen LogP contribution in [0.25, 0.3) is 10.9 Å². The minimum atomic E-state index is 0.703. The fraction of sp³-hybridized carbons (Fsp3) is 0.263. The number of hydrogen-bond acceptors (Lipinski definition) is 4. The van der Waals surface area contributed by atoms with Gasteiger partial charge in [-0.25, -0.2) is 9.97 Å². The van der Waals surface area contributed by atoms with Gasteiger partial charge in [0.2, 0.25) is 0 Å². The van der Waals surface area contributed by atoms with E-state index in [1.807, 2.05) is 36.4 Å². The lowest BCUT2D eigenvalue weighted by Gasteiger charge is -2.35. The van der Waals surface area contributed by atoms with E-state index in [4.69, 9.17) is 23.2 Å². The first-order valence-corrected chi connectivity index (χ1v) is 9.07. The van der Waals surface area contributed by atoms with Crippen LogP contribution in [0.5, 0.6) is 0 Å². The second kappa shape index (κ2) is 7.16. The normalized spacial score (nSPS) is 15.7. The molecule has 2 heterocycles. The molecule has 0 saturated carbocycles. The molecule has 0 aliphatic carbocycles. The highest BCUT2D eigenvalue weighted by atomic mass is 35.5. The summed E-state index contributed by atoms with van der Waals surface area (Å²) in [6.45, 7) is 4.69. The summed E-state index contributed by atoms with van der Waals surface area (Å²) in [6, 6.07) is 13.9. The van der Waals surface area contributed by atoms with Gasteiger partial charge >= 0.3 is 0 Å². The molecule has 2 aromatic carbocycles. The summed E-state index contributed by atoms with van der Waals surface area (Å²) in [6.07, 6.45) is 1.62. The van der Waals surface area contributed by atoms with Crippen LogP contribution in [0.15, 0.2) is 48.8 Å². The summed E-state index contributed by atoms with van der Waals surface area (Å²) in [5.74, 6) is 0.929. The van der Waals surface area contributed by atoms with Gasteiger partial charge in [0.25, 0.3) is 0 Å². The average molecular weight is 373 g/mol. The van der Waals surface area contributed by atoms with Gasteiger partial charge in [-0.3, -0.25) is 4.90 Å². The zero-order valence-electron chi connectivity index (χ0n) is 13.7. The number of aromatic nitrogens is 2. The zero-order chi connectivity index (χ0) is 17.2. The number of rotatable bonds is 3. The summed E-state index contributed by atoms with van der Waals surface area (Å²) in [5.41, 5.74) is 2.13. The predicted octanol–water partition coefficient (Wildman–Crippen LogP) is 4.26. The van der Waals surface area contributed by atoms with E-state index in [9.17, 15) is 0 Å². The topological polar surface area (TPSA) is 32.3 Å². The summed E-state index contributed by atoms with van der Waals surface area (Å²) >= 11 is 12.5. The van der Waals surface area contributed by atoms with Crippen molar-refractivity contribution in [2.45, 2.75) is 6.54 Å². The summed E-state index contributed by atoms with van der Waals surface area (Å²) in [4.78, 5) is 13.6. The van der Waals surface area contributed by atoms with Crippen molar-refractivity contribution >= 4 is 39.9 Å². The number of nitrogens with zero attached hydrogens (tertiary/aromatic N) is 4. The standard InChI is InChI=1S/C19H18Cl2N4/c20-15-4-1-3-14(11-15)12-24-7-9-25(10-8-24)19-18-16(21)5-2-6-17(18)22-13-23-19/h1-6,11,13H,7-10,12H2. The Hall–Kier alpha value is -1.88. The minimum absolute atomic E-state index is 0.703. The Bertz CT molecular complexity index is 886. The molecule has 1 fully saturated rings. The maximum absolute atomic E-state index is 6.40. The Morgan fingerprint density at radius 1 is 0.920 bits per heavy atom. The van der Waals surface area contributed by atoms with Crippen LogP contribution < -0.4 is 4.90 Å². The maximum atomic E-state index is 6.40. The molecule has 1 aliphatic heterocycles. The second-order valence-corrected chi connectivity index (χ2v) is 7.07. The van der Waals surface area contributed by atoms with E-state index in [1.165, 1.54) is 5.56 Å². The van der Waals surface area contributed by atoms with Crippen LogP contribution in [0, 0.1) is 0 Å². The Morgan fingerprint density at radius 3 is 2.52 bits per heavy atom. The summed E-state index contributed by atoms with van der Waals surface area (Å²) in [7, 11) is 0. The van der Waals surface area contributed by atoms with Crippen molar-refractivity contribution in [3.8, 4) is 0 Å². The molecule has 1 aliphatic rings. The fourth-order valence-corrected chi connectivity index (χ4v) is 3.77. The van der Waals surface area contributed by atoms with E-state index in [-0.39, 0.29) is 0 Å². The van der Waals surface area contributed by atoms with Crippen LogP contribution in [0.4, 0.5) is 5.82 Å². The highest BCUT2D eigenvalue weighted by molar-refractivity contribution is 6.36. The zero-order valence-corrected chi connectivity index (χ0v) is 15.2. The average Bonchev–Trinajstić information content (AvgIpc) is 2.62. The Labute approximate surface area is 157 Å². The summed E-state index contributed by atoms with van der Waals surface area (Å²) < 4.78 is 0. The molecule has 0 radical (unpaired) electrons. The van der Waals surface area contributed by atoms with Crippen molar-refractivity contribution in [2.75, 3.05) is 31.1 Å². The van der Waals surface area contributed by atoms with Gasteiger partial charge in [0.1, 0.15) is 12.1 Å². The van der Waals surface area contributed by atoms with Crippen LogP contribution in [0.1, 0.15) is 5.56 Å². The van der Waals surface area contributed by atoms with Crippen LogP contribution in [0.2, 0.25) is 10.0 Å². The van der Waals surface area contributed by atoms with Crippen molar-refractivity contribution in [2.24, 2.45) is 0 Å². The van der Waals surface area contributed by atoms with Gasteiger partial charge < -0.3 is 4.90 Å². The molecule has 1 saturated heterocycles. The molecule has 128 valence electrons. The lowest BCUT2D eigenvalue weighted by Crippen LogP contribution is -2.46. The third-order valence-electron chi connectivity index (χ3n) is 4.56. The van der Waals surface area contributed by atoms with E-state index < -0.39 is 0 Å². The molecule has 1 aromatic heterocycles. The molecule has 0 amide bonds. The van der Waals surface area contributed by atoms with Crippen LogP contribution in [-0.4, -0.2) is 41.0 Å². The molecule has 0 unspecified atom stereocenters. The number of benzene rings is 2. The van der Waals surface area contributed by atoms with Crippen molar-refractivity contribution in [3.63, 3.8) is 0 Å². The number of hydrogen-bond donors (Lipinski definition) is 0. The summed E-state index contributed by atoms with van der Waals surface area (Å²) in [5, 5.41) is 2.43. The van der Waals surface area contributed by atoms with Gasteiger partial charge in [0.05, 0.1) is 15.9 Å². The van der Waals surface area contributed by atoms with E-state index in [0.29, 0.717) is 5.02 Å². The molecule has 25 heavy (non-hydrogen) atoms. The first-order chi connectivity index (χ1) is 12.2. The van der Waals surface area contributed by atoms with Crippen LogP contribution in [0.3, 0.4) is 0 Å². The smallest absolute Gasteiger partial charge is 0.141 e. The van der Waals surface area contributed by atoms with Gasteiger partial charge in [-0.1, -0.05) is 41.4 Å². The predicted molar refractivity (Wildman–Crippen MR) is 103 cm³/mol. The third kappa shape index (κ3) is 3.56. The van der Waals surface area contributed by atoms with E-state index in [2.05, 4.69) is 25.8 Å². The first-order valence-electron chi connectivity index (χ1n) is 8.32. The Morgan fingerprint density at radius 2 is 1.72 bits per heavy atom. The number of piperazine rings is 1. The van der Waals surface area contributed by atoms with Gasteiger partial charge in [-0.2, -0.15) is 0 Å². The second-order valence-electron chi connectivity index (χ2n) is 6.22. The Kier molecular flexibility index (Phi) is 4.75. The molecule has 0 atom stereocenters. The molecular weight excluding hydrogens is 355 g/mol. The molecule has 6 heteroatoms. The molecule has 4 nitrogen and oxygen atoms in total. The first kappa shape index (κ1) is 16.6. The SMILES string of the molecule is Clc1cccc(CN2CCN(c3ncnc4cccc(Cl)c34)CC2)c1. The van der Waals surface area contributed by atoms with Gasteiger partial charge in [0.15, 0.2) is 0 Å². The van der Waals surface area contributed by atoms with Crippen LogP contribution in [-0.2, 0) is 6.54 Å². The van der Waals surface area contributed by atoms with Crippen molar-refractivity contribution < 1.29 is 0 Å². The van der Waals surface area contributed by atoms with Gasteiger partial charge in [-0.05, 0) is 29.8 Å². The van der Waals surface area contributed by atoms with E-state index in [0.717, 1.165) is 54.5 Å². The van der Waals surface area contributed by atoms with Gasteiger partial charge in [-0.15, -0.1) is 0 Å². The number of halogens is 2. The van der Waals surface area contributed by atoms with Crippen molar-refractivity contribution in [1.82, 2.24) is 14.9 Å². The number of anilines is 1. The van der Waals surface area contributed by atoms with E-state index in [1.54, 1.807) is 6.33 Å². The minimum Gasteiger partial charge on any atom is -0.353 e. The highest BCUT2D eigenvalue weighted by Gasteiger charge is 2.21. The third-order valence-corrected chi connectivity index (χ3v) is 5.11. The van der Waals surface area contributed by atoms with E-state index >= 15 is 0 Å². The molecule has 0 spiro atoms. The monoisotopic (exact) mass is 372 g/mol. The van der Waals surface area contributed by atoms with Crippen molar-refractivity contribution in [1.29, 1.82) is 0 Å². The van der Waals surface area contributed by atoms with Gasteiger partial charge in [0, 0.05) is 37.7 Å². The maximum Gasteiger partial charge on any atom is 0.141 e. The molecular formula is C19H18Cl2N4. The molecule has 4 rings (SSSR count). The fourth-order valence-electron chi connectivity index (χ4n) is 3.30. The largest absolute Gasteiger partial charge is 0.353 e. The van der Waals surface area contributed by atoms with Crippen molar-refractivity contribution in [3.05, 3.63) is 64.4 Å². The molecule has 0 bridgehead atoms. The quantitative estimate of drug-likeness (QED) is 0.687. The number of fused-ring (bicyclic) bond motifs is 1. The lowest BCUT2D eigenvalue weighted by atomic mass is 10.2. The molecule has 0 N–H and O–H groups in total. The highest BCUT2D eigenvalue weighted by Crippen LogP contribution is 2.30. The lowest BCUT2D eigenvalue weighted by molar-refractivity contribution is 0.249. The Balaban J connectivity index is 1.49. The van der Waals surface area contributed by atoms with Crippen LogP contribution >= 0.6 is 23.2 Å².